The van der Waals surface area contributed by atoms with Crippen molar-refractivity contribution in [2.24, 2.45) is 0 Å². The summed E-state index contributed by atoms with van der Waals surface area (Å²) in [6, 6.07) is 7.42. The Morgan fingerprint density at radius 2 is 2.00 bits per heavy atom. The second kappa shape index (κ2) is 9.05. The average Bonchev–Trinajstić information content (AvgIpc) is 3.29. The van der Waals surface area contributed by atoms with Gasteiger partial charge < -0.3 is 25.6 Å². The minimum atomic E-state index is -0.715. The number of nitrogens with one attached hydrogen (secondary N) is 3. The van der Waals surface area contributed by atoms with E-state index >= 15 is 0 Å². The number of anilines is 1. The van der Waals surface area contributed by atoms with Gasteiger partial charge in [0.2, 0.25) is 5.91 Å². The minimum absolute atomic E-state index is 0.0273. The number of hydrogen-bond acceptors (Lipinski definition) is 7. The molecule has 35 heavy (non-hydrogen) atoms. The molecule has 3 N–H and O–H groups in total. The maximum atomic E-state index is 13.0. The van der Waals surface area contributed by atoms with E-state index in [0.717, 1.165) is 12.0 Å². The van der Waals surface area contributed by atoms with Crippen LogP contribution in [0.3, 0.4) is 0 Å². The predicted octanol–water partition coefficient (Wildman–Crippen LogP) is 0.341. The Labute approximate surface area is 199 Å². The van der Waals surface area contributed by atoms with Crippen LogP contribution in [-0.2, 0) is 16.1 Å². The summed E-state index contributed by atoms with van der Waals surface area (Å²) in [7, 11) is 0. The van der Waals surface area contributed by atoms with Crippen molar-refractivity contribution in [3.63, 3.8) is 0 Å². The number of aromatic nitrogens is 3. The minimum Gasteiger partial charge on any atom is -0.482 e. The first kappa shape index (κ1) is 22.3. The van der Waals surface area contributed by atoms with Gasteiger partial charge in [0.25, 0.3) is 17.7 Å². The van der Waals surface area contributed by atoms with Crippen molar-refractivity contribution in [1.29, 1.82) is 0 Å². The van der Waals surface area contributed by atoms with Crippen LogP contribution in [0.4, 0.5) is 5.69 Å². The molecule has 0 saturated carbocycles. The first-order chi connectivity index (χ1) is 16.9. The van der Waals surface area contributed by atoms with Gasteiger partial charge in [-0.1, -0.05) is 6.07 Å². The lowest BCUT2D eigenvalue weighted by Crippen LogP contribution is -2.52. The molecule has 1 saturated heterocycles. The Morgan fingerprint density at radius 3 is 2.77 bits per heavy atom. The highest BCUT2D eigenvalue weighted by atomic mass is 16.5. The molecule has 1 atom stereocenters. The normalized spacial score (nSPS) is 15.3. The van der Waals surface area contributed by atoms with E-state index in [1.807, 2.05) is 0 Å². The Hall–Kier alpha value is -4.48. The van der Waals surface area contributed by atoms with Gasteiger partial charge >= 0.3 is 0 Å². The lowest BCUT2D eigenvalue weighted by Gasteiger charge is -2.33. The number of amides is 4. The first-order valence-electron chi connectivity index (χ1n) is 11.2. The van der Waals surface area contributed by atoms with Crippen LogP contribution >= 0.6 is 0 Å². The van der Waals surface area contributed by atoms with Gasteiger partial charge in [0.1, 0.15) is 23.2 Å². The molecule has 12 heteroatoms. The number of benzene rings is 1. The third-order valence-electron chi connectivity index (χ3n) is 5.84. The lowest BCUT2D eigenvalue weighted by molar-refractivity contribution is -0.136. The van der Waals surface area contributed by atoms with Gasteiger partial charge in [-0.05, 0) is 31.0 Å². The Morgan fingerprint density at radius 1 is 1.17 bits per heavy atom. The SMILES string of the molecule is C[C@H](NC(=O)c1cc(C(=O)NCc2ccc3c(c2)NC(=O)CO3)nc2ccnn12)C(=O)N1CCC1. The summed E-state index contributed by atoms with van der Waals surface area (Å²) in [5.74, 6) is -0.874. The van der Waals surface area contributed by atoms with Crippen molar-refractivity contribution in [3.05, 3.63) is 53.5 Å². The van der Waals surface area contributed by atoms with E-state index in [4.69, 9.17) is 4.74 Å². The van der Waals surface area contributed by atoms with Gasteiger partial charge in [-0.15, -0.1) is 0 Å². The van der Waals surface area contributed by atoms with Crippen molar-refractivity contribution in [2.75, 3.05) is 25.0 Å². The van der Waals surface area contributed by atoms with E-state index in [-0.39, 0.29) is 36.4 Å². The lowest BCUT2D eigenvalue weighted by atomic mass is 10.1. The van der Waals surface area contributed by atoms with Crippen LogP contribution in [0.15, 0.2) is 36.5 Å². The van der Waals surface area contributed by atoms with Crippen molar-refractivity contribution in [2.45, 2.75) is 25.9 Å². The van der Waals surface area contributed by atoms with E-state index in [9.17, 15) is 19.2 Å². The van der Waals surface area contributed by atoms with Crippen LogP contribution in [0.5, 0.6) is 5.75 Å². The molecule has 0 spiro atoms. The van der Waals surface area contributed by atoms with Crippen LogP contribution in [0, 0.1) is 0 Å². The number of ether oxygens (including phenoxy) is 1. The van der Waals surface area contributed by atoms with Gasteiger partial charge in [0, 0.05) is 31.8 Å². The molecule has 0 unspecified atom stereocenters. The molecule has 1 fully saturated rings. The molecular weight excluding hydrogens is 454 g/mol. The Balaban J connectivity index is 1.31. The molecule has 0 bridgehead atoms. The molecule has 3 aromatic rings. The predicted molar refractivity (Wildman–Crippen MR) is 123 cm³/mol. The zero-order chi connectivity index (χ0) is 24.5. The fourth-order valence-electron chi connectivity index (χ4n) is 3.85. The molecule has 2 aromatic heterocycles. The van der Waals surface area contributed by atoms with Crippen LogP contribution in [0.2, 0.25) is 0 Å². The molecule has 1 aromatic carbocycles. The topological polar surface area (TPSA) is 147 Å². The number of likely N-dealkylation sites (tertiary alicyclic amines) is 1. The molecular formula is C23H23N7O5. The van der Waals surface area contributed by atoms with E-state index in [1.165, 1.54) is 16.8 Å². The number of carbonyl (C=O) groups excluding carboxylic acids is 4. The summed E-state index contributed by atoms with van der Waals surface area (Å²) >= 11 is 0. The zero-order valence-corrected chi connectivity index (χ0v) is 18.9. The average molecular weight is 477 g/mol. The van der Waals surface area contributed by atoms with Gasteiger partial charge in [0.05, 0.1) is 11.9 Å². The molecule has 12 nitrogen and oxygen atoms in total. The maximum absolute atomic E-state index is 13.0. The Kier molecular flexibility index (Phi) is 5.77. The summed E-state index contributed by atoms with van der Waals surface area (Å²) in [5, 5.41) is 12.3. The zero-order valence-electron chi connectivity index (χ0n) is 18.9. The summed E-state index contributed by atoms with van der Waals surface area (Å²) in [5.41, 5.74) is 1.71. The number of hydrogen-bond donors (Lipinski definition) is 3. The van der Waals surface area contributed by atoms with Crippen LogP contribution in [0.1, 0.15) is 39.9 Å². The third kappa shape index (κ3) is 4.50. The molecule has 4 heterocycles. The maximum Gasteiger partial charge on any atom is 0.270 e. The van der Waals surface area contributed by atoms with E-state index in [1.54, 1.807) is 36.1 Å². The number of carbonyl (C=O) groups is 4. The molecule has 0 radical (unpaired) electrons. The van der Waals surface area contributed by atoms with Gasteiger partial charge in [-0.3, -0.25) is 19.2 Å². The quantitative estimate of drug-likeness (QED) is 0.464. The molecule has 2 aliphatic rings. The number of nitrogens with zero attached hydrogens (tertiary/aromatic N) is 4. The monoisotopic (exact) mass is 477 g/mol. The highest BCUT2D eigenvalue weighted by Crippen LogP contribution is 2.28. The smallest absolute Gasteiger partial charge is 0.270 e. The van der Waals surface area contributed by atoms with Crippen molar-refractivity contribution in [1.82, 2.24) is 30.1 Å². The number of fused-ring (bicyclic) bond motifs is 2. The highest BCUT2D eigenvalue weighted by molar-refractivity contribution is 6.00. The fraction of sp³-hybridized carbons (Fsp3) is 0.304. The number of rotatable bonds is 6. The molecule has 180 valence electrons. The van der Waals surface area contributed by atoms with Crippen molar-refractivity contribution >= 4 is 35.0 Å². The summed E-state index contributed by atoms with van der Waals surface area (Å²) in [6.45, 7) is 3.13. The first-order valence-corrected chi connectivity index (χ1v) is 11.2. The molecule has 0 aliphatic carbocycles. The highest BCUT2D eigenvalue weighted by Gasteiger charge is 2.27. The van der Waals surface area contributed by atoms with Gasteiger partial charge in [-0.25, -0.2) is 9.50 Å². The third-order valence-corrected chi connectivity index (χ3v) is 5.84. The Bertz CT molecular complexity index is 1350. The van der Waals surface area contributed by atoms with Crippen LogP contribution in [0.25, 0.3) is 5.65 Å². The van der Waals surface area contributed by atoms with Crippen molar-refractivity contribution in [3.8, 4) is 5.75 Å². The van der Waals surface area contributed by atoms with Crippen LogP contribution < -0.4 is 20.7 Å². The second-order valence-electron chi connectivity index (χ2n) is 8.35. The largest absolute Gasteiger partial charge is 0.482 e. The molecule has 5 rings (SSSR count). The fourth-order valence-corrected chi connectivity index (χ4v) is 3.85. The van der Waals surface area contributed by atoms with Gasteiger partial charge in [-0.2, -0.15) is 5.10 Å². The van der Waals surface area contributed by atoms with Crippen LogP contribution in [-0.4, -0.2) is 68.9 Å². The van der Waals surface area contributed by atoms with Crippen molar-refractivity contribution < 1.29 is 23.9 Å². The standard InChI is InChI=1S/C23H23N7O5/c1-13(23(34)29-7-2-8-29)26-22(33)17-10-16(27-19-5-6-25-30(17)19)21(32)24-11-14-3-4-18-15(9-14)28-20(31)12-35-18/h3-6,9-10,13H,2,7-8,11-12H2,1H3,(H,24,32)(H,26,33)(H,28,31)/t13-/m0/s1. The summed E-state index contributed by atoms with van der Waals surface area (Å²) in [4.78, 5) is 55.7. The van der Waals surface area contributed by atoms with Gasteiger partial charge in [0.15, 0.2) is 12.3 Å². The van der Waals surface area contributed by atoms with E-state index < -0.39 is 17.9 Å². The second-order valence-corrected chi connectivity index (χ2v) is 8.35. The summed E-state index contributed by atoms with van der Waals surface area (Å²) in [6.07, 6.45) is 2.43. The van der Waals surface area contributed by atoms with E-state index in [2.05, 4.69) is 26.0 Å². The molecule has 4 amide bonds. The molecule has 2 aliphatic heterocycles. The summed E-state index contributed by atoms with van der Waals surface area (Å²) < 4.78 is 6.66. The van der Waals surface area contributed by atoms with E-state index in [0.29, 0.717) is 30.2 Å².